The highest BCUT2D eigenvalue weighted by atomic mass is 32.1. The largest absolute Gasteiger partial charge is 0.327 e. The number of pyridine rings is 1. The van der Waals surface area contributed by atoms with Crippen molar-refractivity contribution in [1.29, 1.82) is 0 Å². The van der Waals surface area contributed by atoms with Gasteiger partial charge in [-0.1, -0.05) is 24.3 Å². The van der Waals surface area contributed by atoms with E-state index in [1.54, 1.807) is 12.5 Å². The van der Waals surface area contributed by atoms with Crippen LogP contribution in [0.1, 0.15) is 12.5 Å². The average molecular weight is 376 g/mol. The van der Waals surface area contributed by atoms with Crippen molar-refractivity contribution in [3.63, 3.8) is 0 Å². The van der Waals surface area contributed by atoms with Crippen molar-refractivity contribution in [3.8, 4) is 32.5 Å². The van der Waals surface area contributed by atoms with E-state index >= 15 is 0 Å². The predicted molar refractivity (Wildman–Crippen MR) is 105 cm³/mol. The van der Waals surface area contributed by atoms with Gasteiger partial charge in [0, 0.05) is 24.2 Å². The number of H-pyrrole nitrogens is 1. The molecule has 0 fully saturated rings. The Kier molecular flexibility index (Phi) is 4.47. The van der Waals surface area contributed by atoms with Crippen LogP contribution in [0.2, 0.25) is 0 Å². The van der Waals surface area contributed by atoms with Gasteiger partial charge >= 0.3 is 0 Å². The SMILES string of the molecule is CC(=O)Nc1cc(-c2nc(-c3ccccc3C)c(-c3nnc[nH]3)s2)ccn1. The lowest BCUT2D eigenvalue weighted by atomic mass is 10.0. The molecule has 4 aromatic rings. The lowest BCUT2D eigenvalue weighted by Gasteiger charge is -2.04. The molecular formula is C19H16N6OS. The van der Waals surface area contributed by atoms with Gasteiger partial charge in [0.25, 0.3) is 0 Å². The fourth-order valence-corrected chi connectivity index (χ4v) is 3.78. The van der Waals surface area contributed by atoms with Gasteiger partial charge in [-0.3, -0.25) is 4.79 Å². The molecule has 0 saturated heterocycles. The van der Waals surface area contributed by atoms with Crippen LogP contribution in [-0.4, -0.2) is 31.1 Å². The third-order valence-electron chi connectivity index (χ3n) is 3.97. The number of aryl methyl sites for hydroxylation is 1. The smallest absolute Gasteiger partial charge is 0.222 e. The van der Waals surface area contributed by atoms with E-state index in [0.717, 1.165) is 32.3 Å². The maximum atomic E-state index is 11.3. The fraction of sp³-hybridized carbons (Fsp3) is 0.105. The molecule has 0 aliphatic carbocycles. The van der Waals surface area contributed by atoms with E-state index in [1.807, 2.05) is 30.3 Å². The summed E-state index contributed by atoms with van der Waals surface area (Å²) in [4.78, 5) is 24.3. The standard InChI is InChI=1S/C19H16N6OS/c1-11-5-3-4-6-14(11)16-17(18-21-10-22-25-18)27-19(24-16)13-7-8-20-15(9-13)23-12(2)26/h3-10H,1-2H3,(H,20,23,26)(H,21,22,25). The third-order valence-corrected chi connectivity index (χ3v) is 5.08. The average Bonchev–Trinajstić information content (AvgIpc) is 3.31. The number of aromatic amines is 1. The molecule has 0 bridgehead atoms. The maximum absolute atomic E-state index is 11.3. The molecule has 4 rings (SSSR count). The highest BCUT2D eigenvalue weighted by Gasteiger charge is 2.19. The Balaban J connectivity index is 1.85. The number of thiazole rings is 1. The topological polar surface area (TPSA) is 96.5 Å². The van der Waals surface area contributed by atoms with E-state index in [0.29, 0.717) is 11.6 Å². The summed E-state index contributed by atoms with van der Waals surface area (Å²) in [5.41, 5.74) is 3.90. The zero-order valence-electron chi connectivity index (χ0n) is 14.7. The van der Waals surface area contributed by atoms with Crippen LogP contribution in [-0.2, 0) is 4.79 Å². The Morgan fingerprint density at radius 1 is 1.22 bits per heavy atom. The molecule has 3 aromatic heterocycles. The molecule has 0 saturated carbocycles. The Labute approximate surface area is 159 Å². The molecule has 1 aromatic carbocycles. The van der Waals surface area contributed by atoms with Crippen molar-refractivity contribution in [3.05, 3.63) is 54.5 Å². The Morgan fingerprint density at radius 2 is 2.07 bits per heavy atom. The minimum absolute atomic E-state index is 0.165. The van der Waals surface area contributed by atoms with Gasteiger partial charge in [-0.2, -0.15) is 0 Å². The molecular weight excluding hydrogens is 360 g/mol. The van der Waals surface area contributed by atoms with Crippen LogP contribution < -0.4 is 5.32 Å². The number of carbonyl (C=O) groups excluding carboxylic acids is 1. The first kappa shape index (κ1) is 17.0. The summed E-state index contributed by atoms with van der Waals surface area (Å²) < 4.78 is 0. The second kappa shape index (κ2) is 7.08. The van der Waals surface area contributed by atoms with Gasteiger partial charge in [-0.15, -0.1) is 21.5 Å². The molecule has 3 heterocycles. The number of nitrogens with zero attached hydrogens (tertiary/aromatic N) is 4. The second-order valence-corrected chi connectivity index (χ2v) is 6.96. The van der Waals surface area contributed by atoms with Crippen LogP contribution in [0.3, 0.4) is 0 Å². The van der Waals surface area contributed by atoms with Crippen molar-refractivity contribution in [2.75, 3.05) is 5.32 Å². The predicted octanol–water partition coefficient (Wildman–Crippen LogP) is 3.92. The van der Waals surface area contributed by atoms with Gasteiger partial charge in [-0.25, -0.2) is 9.97 Å². The summed E-state index contributed by atoms with van der Waals surface area (Å²) in [6.45, 7) is 3.51. The van der Waals surface area contributed by atoms with Crippen LogP contribution in [0.4, 0.5) is 5.82 Å². The number of carbonyl (C=O) groups is 1. The van der Waals surface area contributed by atoms with Gasteiger partial charge in [-0.05, 0) is 24.6 Å². The first-order chi connectivity index (χ1) is 13.1. The molecule has 0 spiro atoms. The van der Waals surface area contributed by atoms with Crippen molar-refractivity contribution in [2.24, 2.45) is 0 Å². The minimum atomic E-state index is -0.165. The Bertz CT molecular complexity index is 1100. The molecule has 0 unspecified atom stereocenters. The highest BCUT2D eigenvalue weighted by molar-refractivity contribution is 7.18. The number of hydrogen-bond donors (Lipinski definition) is 2. The summed E-state index contributed by atoms with van der Waals surface area (Å²) in [6, 6.07) is 11.8. The van der Waals surface area contributed by atoms with E-state index < -0.39 is 0 Å². The second-order valence-electron chi connectivity index (χ2n) is 5.96. The quantitative estimate of drug-likeness (QED) is 0.563. The molecule has 0 radical (unpaired) electrons. The van der Waals surface area contributed by atoms with Crippen LogP contribution in [0.5, 0.6) is 0 Å². The van der Waals surface area contributed by atoms with E-state index in [-0.39, 0.29) is 5.91 Å². The zero-order valence-corrected chi connectivity index (χ0v) is 15.5. The first-order valence-electron chi connectivity index (χ1n) is 8.29. The van der Waals surface area contributed by atoms with Crippen molar-refractivity contribution >= 4 is 23.1 Å². The molecule has 7 nitrogen and oxygen atoms in total. The fourth-order valence-electron chi connectivity index (χ4n) is 2.75. The monoisotopic (exact) mass is 376 g/mol. The van der Waals surface area contributed by atoms with E-state index in [4.69, 9.17) is 4.98 Å². The lowest BCUT2D eigenvalue weighted by molar-refractivity contribution is -0.114. The number of rotatable bonds is 4. The summed E-state index contributed by atoms with van der Waals surface area (Å²) in [7, 11) is 0. The third kappa shape index (κ3) is 3.47. The number of amides is 1. The zero-order chi connectivity index (χ0) is 18.8. The van der Waals surface area contributed by atoms with E-state index in [2.05, 4.69) is 38.5 Å². The van der Waals surface area contributed by atoms with Gasteiger partial charge in [0.2, 0.25) is 5.91 Å². The number of benzene rings is 1. The summed E-state index contributed by atoms with van der Waals surface area (Å²) >= 11 is 1.52. The highest BCUT2D eigenvalue weighted by Crippen LogP contribution is 2.40. The molecule has 0 atom stereocenters. The Hall–Kier alpha value is -3.39. The molecule has 2 N–H and O–H groups in total. The molecule has 27 heavy (non-hydrogen) atoms. The molecule has 1 amide bonds. The van der Waals surface area contributed by atoms with Gasteiger partial charge in [0.1, 0.15) is 22.0 Å². The van der Waals surface area contributed by atoms with Gasteiger partial charge in [0.15, 0.2) is 5.82 Å². The van der Waals surface area contributed by atoms with Crippen LogP contribution in [0.15, 0.2) is 48.9 Å². The van der Waals surface area contributed by atoms with Crippen molar-refractivity contribution in [2.45, 2.75) is 13.8 Å². The minimum Gasteiger partial charge on any atom is -0.327 e. The summed E-state index contributed by atoms with van der Waals surface area (Å²) in [5.74, 6) is 1.00. The summed E-state index contributed by atoms with van der Waals surface area (Å²) in [6.07, 6.45) is 3.21. The molecule has 134 valence electrons. The van der Waals surface area contributed by atoms with Gasteiger partial charge in [0.05, 0.1) is 5.69 Å². The molecule has 0 aliphatic rings. The number of nitrogens with one attached hydrogen (secondary N) is 2. The van der Waals surface area contributed by atoms with Crippen LogP contribution in [0, 0.1) is 6.92 Å². The Morgan fingerprint density at radius 3 is 2.81 bits per heavy atom. The van der Waals surface area contributed by atoms with Crippen molar-refractivity contribution in [1.82, 2.24) is 25.1 Å². The van der Waals surface area contributed by atoms with Crippen LogP contribution in [0.25, 0.3) is 32.5 Å². The first-order valence-corrected chi connectivity index (χ1v) is 9.11. The number of anilines is 1. The lowest BCUT2D eigenvalue weighted by Crippen LogP contribution is -2.07. The van der Waals surface area contributed by atoms with Gasteiger partial charge < -0.3 is 10.3 Å². The summed E-state index contributed by atoms with van der Waals surface area (Å²) in [5, 5.41) is 11.6. The van der Waals surface area contributed by atoms with Crippen LogP contribution >= 0.6 is 11.3 Å². The maximum Gasteiger partial charge on any atom is 0.222 e. The molecule has 8 heteroatoms. The van der Waals surface area contributed by atoms with E-state index in [9.17, 15) is 4.79 Å². The number of aromatic nitrogens is 5. The van der Waals surface area contributed by atoms with Crippen molar-refractivity contribution < 1.29 is 4.79 Å². The normalized spacial score (nSPS) is 10.7. The van der Waals surface area contributed by atoms with E-state index in [1.165, 1.54) is 18.3 Å². The number of hydrogen-bond acceptors (Lipinski definition) is 6. The molecule has 0 aliphatic heterocycles.